The number of imidazole rings is 1. The molecular formula is C8H6FIN2S. The van der Waals surface area contributed by atoms with Crippen molar-refractivity contribution >= 4 is 39.9 Å². The molecule has 0 fully saturated rings. The molecule has 0 unspecified atom stereocenters. The molecule has 0 radical (unpaired) electrons. The van der Waals surface area contributed by atoms with Crippen molar-refractivity contribution in [1.29, 1.82) is 0 Å². The van der Waals surface area contributed by atoms with Crippen LogP contribution in [-0.2, 0) is 0 Å². The lowest BCUT2D eigenvalue weighted by molar-refractivity contribution is 0.616. The van der Waals surface area contributed by atoms with Crippen LogP contribution < -0.4 is 0 Å². The number of hydrogen-bond acceptors (Lipinski definition) is 2. The lowest BCUT2D eigenvalue weighted by Crippen LogP contribution is -1.87. The first kappa shape index (κ1) is 9.26. The van der Waals surface area contributed by atoms with Crippen LogP contribution in [0.15, 0.2) is 23.5 Å². The average molecular weight is 308 g/mol. The molecule has 0 aliphatic rings. The molecule has 0 N–H and O–H groups in total. The Labute approximate surface area is 92.7 Å². The first-order chi connectivity index (χ1) is 6.22. The van der Waals surface area contributed by atoms with Gasteiger partial charge in [0.2, 0.25) is 0 Å². The first-order valence-corrected chi connectivity index (χ1v) is 5.90. The molecule has 0 aromatic carbocycles. The van der Waals surface area contributed by atoms with Crippen LogP contribution in [0.25, 0.3) is 5.52 Å². The van der Waals surface area contributed by atoms with Crippen molar-refractivity contribution in [1.82, 2.24) is 9.38 Å². The molecule has 2 aromatic rings. The minimum atomic E-state index is -0.239. The van der Waals surface area contributed by atoms with Crippen LogP contribution in [0.1, 0.15) is 0 Å². The van der Waals surface area contributed by atoms with E-state index >= 15 is 0 Å². The van der Waals surface area contributed by atoms with E-state index in [1.807, 2.05) is 6.26 Å². The van der Waals surface area contributed by atoms with E-state index in [4.69, 9.17) is 0 Å². The van der Waals surface area contributed by atoms with Gasteiger partial charge in [-0.25, -0.2) is 9.37 Å². The van der Waals surface area contributed by atoms with E-state index in [0.29, 0.717) is 0 Å². The Kier molecular flexibility index (Phi) is 2.46. The summed E-state index contributed by atoms with van der Waals surface area (Å²) < 4.78 is 15.6. The number of fused-ring (bicyclic) bond motifs is 1. The second-order valence-corrected chi connectivity index (χ2v) is 4.29. The van der Waals surface area contributed by atoms with E-state index in [1.54, 1.807) is 10.5 Å². The van der Waals surface area contributed by atoms with E-state index < -0.39 is 0 Å². The molecule has 0 saturated carbocycles. The number of pyridine rings is 1. The molecule has 2 aromatic heterocycles. The molecule has 2 nitrogen and oxygen atoms in total. The van der Waals surface area contributed by atoms with Crippen molar-refractivity contribution in [2.45, 2.75) is 5.16 Å². The maximum Gasteiger partial charge on any atom is 0.173 e. The molecule has 2 heterocycles. The number of nitrogens with zero attached hydrogens (tertiary/aromatic N) is 2. The second-order valence-electron chi connectivity index (χ2n) is 2.49. The van der Waals surface area contributed by atoms with Crippen LogP contribution in [0.3, 0.4) is 0 Å². The van der Waals surface area contributed by atoms with Gasteiger partial charge in [-0.05, 0) is 41.0 Å². The van der Waals surface area contributed by atoms with Crippen molar-refractivity contribution < 1.29 is 4.39 Å². The van der Waals surface area contributed by atoms with Gasteiger partial charge in [0.25, 0.3) is 0 Å². The van der Waals surface area contributed by atoms with Gasteiger partial charge in [-0.2, -0.15) is 0 Å². The predicted molar refractivity (Wildman–Crippen MR) is 59.6 cm³/mol. The average Bonchev–Trinajstić information content (AvgIpc) is 2.42. The highest BCUT2D eigenvalue weighted by molar-refractivity contribution is 14.1. The molecule has 5 heteroatoms. The van der Waals surface area contributed by atoms with Crippen LogP contribution in [0.2, 0.25) is 0 Å². The number of rotatable bonds is 1. The van der Waals surface area contributed by atoms with Crippen LogP contribution in [-0.4, -0.2) is 15.6 Å². The van der Waals surface area contributed by atoms with Crippen molar-refractivity contribution in [3.8, 4) is 0 Å². The number of hydrogen-bond donors (Lipinski definition) is 0. The van der Waals surface area contributed by atoms with Crippen molar-refractivity contribution in [2.24, 2.45) is 0 Å². The highest BCUT2D eigenvalue weighted by Gasteiger charge is 2.07. The van der Waals surface area contributed by atoms with Gasteiger partial charge in [-0.15, -0.1) is 0 Å². The Hall–Kier alpha value is -0.300. The minimum absolute atomic E-state index is 0.239. The number of thioether (sulfide) groups is 1. The summed E-state index contributed by atoms with van der Waals surface area (Å²) in [7, 11) is 0. The number of halogens is 2. The Bertz CT molecular complexity index is 455. The molecule has 13 heavy (non-hydrogen) atoms. The van der Waals surface area contributed by atoms with Gasteiger partial charge >= 0.3 is 0 Å². The van der Waals surface area contributed by atoms with Gasteiger partial charge in [0.1, 0.15) is 9.52 Å². The summed E-state index contributed by atoms with van der Waals surface area (Å²) in [4.78, 5) is 4.30. The van der Waals surface area contributed by atoms with E-state index in [-0.39, 0.29) is 5.82 Å². The summed E-state index contributed by atoms with van der Waals surface area (Å²) >= 11 is 3.65. The third-order valence-corrected chi connectivity index (χ3v) is 3.15. The van der Waals surface area contributed by atoms with Gasteiger partial charge in [-0.1, -0.05) is 11.8 Å². The van der Waals surface area contributed by atoms with Crippen molar-refractivity contribution in [2.75, 3.05) is 6.26 Å². The molecule has 2 rings (SSSR count). The lowest BCUT2D eigenvalue weighted by atomic mass is 10.4. The molecule has 0 amide bonds. The minimum Gasteiger partial charge on any atom is -0.291 e. The fraction of sp³-hybridized carbons (Fsp3) is 0.125. The zero-order valence-corrected chi connectivity index (χ0v) is 9.76. The standard InChI is InChI=1S/C8H6FIN2S/c1-13-8-11-7(10)6-3-2-5(9)4-12(6)8/h2-4H,1H3. The van der Waals surface area contributed by atoms with E-state index in [0.717, 1.165) is 14.4 Å². The third-order valence-electron chi connectivity index (χ3n) is 1.71. The maximum absolute atomic E-state index is 12.9. The first-order valence-electron chi connectivity index (χ1n) is 3.59. The summed E-state index contributed by atoms with van der Waals surface area (Å²) in [5, 5.41) is 0.818. The summed E-state index contributed by atoms with van der Waals surface area (Å²) in [6.07, 6.45) is 3.38. The Morgan fingerprint density at radius 2 is 2.31 bits per heavy atom. The lowest BCUT2D eigenvalue weighted by Gasteiger charge is -1.96. The van der Waals surface area contributed by atoms with Gasteiger partial charge in [0, 0.05) is 6.20 Å². The largest absolute Gasteiger partial charge is 0.291 e. The molecule has 0 aliphatic carbocycles. The summed E-state index contributed by atoms with van der Waals surface area (Å²) in [5.41, 5.74) is 0.950. The second kappa shape index (κ2) is 3.45. The SMILES string of the molecule is CSc1nc(I)c2ccc(F)cn12. The highest BCUT2D eigenvalue weighted by atomic mass is 127. The van der Waals surface area contributed by atoms with E-state index in [2.05, 4.69) is 27.6 Å². The molecule has 0 aliphatic heterocycles. The van der Waals surface area contributed by atoms with Crippen molar-refractivity contribution in [3.05, 3.63) is 27.8 Å². The molecule has 0 spiro atoms. The van der Waals surface area contributed by atoms with Crippen molar-refractivity contribution in [3.63, 3.8) is 0 Å². The summed E-state index contributed by atoms with van der Waals surface area (Å²) in [6.45, 7) is 0. The molecule has 0 atom stereocenters. The Balaban J connectivity index is 2.81. The summed E-state index contributed by atoms with van der Waals surface area (Å²) in [6, 6.07) is 3.19. The zero-order valence-electron chi connectivity index (χ0n) is 6.79. The Morgan fingerprint density at radius 3 is 3.00 bits per heavy atom. The van der Waals surface area contributed by atoms with Crippen LogP contribution >= 0.6 is 34.4 Å². The van der Waals surface area contributed by atoms with Crippen LogP contribution in [0, 0.1) is 9.52 Å². The maximum atomic E-state index is 12.9. The van der Waals surface area contributed by atoms with E-state index in [1.165, 1.54) is 24.0 Å². The third kappa shape index (κ3) is 1.54. The van der Waals surface area contributed by atoms with Crippen LogP contribution in [0.4, 0.5) is 4.39 Å². The smallest absolute Gasteiger partial charge is 0.173 e. The highest BCUT2D eigenvalue weighted by Crippen LogP contribution is 2.21. The Morgan fingerprint density at radius 1 is 1.54 bits per heavy atom. The molecular weight excluding hydrogens is 302 g/mol. The normalized spacial score (nSPS) is 11.0. The molecule has 0 bridgehead atoms. The molecule has 0 saturated heterocycles. The number of aromatic nitrogens is 2. The van der Waals surface area contributed by atoms with Crippen LogP contribution in [0.5, 0.6) is 0 Å². The monoisotopic (exact) mass is 308 g/mol. The van der Waals surface area contributed by atoms with Gasteiger partial charge in [-0.3, -0.25) is 4.40 Å². The summed E-state index contributed by atoms with van der Waals surface area (Å²) in [5.74, 6) is -0.239. The van der Waals surface area contributed by atoms with Gasteiger partial charge < -0.3 is 0 Å². The predicted octanol–water partition coefficient (Wildman–Crippen LogP) is 2.80. The quantitative estimate of drug-likeness (QED) is 0.595. The fourth-order valence-electron chi connectivity index (χ4n) is 1.14. The van der Waals surface area contributed by atoms with Gasteiger partial charge in [0.15, 0.2) is 5.16 Å². The topological polar surface area (TPSA) is 17.3 Å². The zero-order chi connectivity index (χ0) is 9.42. The van der Waals surface area contributed by atoms with Gasteiger partial charge in [0.05, 0.1) is 5.52 Å². The molecule has 68 valence electrons. The fourth-order valence-corrected chi connectivity index (χ4v) is 2.50. The van der Waals surface area contributed by atoms with E-state index in [9.17, 15) is 4.39 Å².